The van der Waals surface area contributed by atoms with E-state index in [1.165, 1.54) is 29.1 Å². The van der Waals surface area contributed by atoms with E-state index < -0.39 is 11.8 Å². The van der Waals surface area contributed by atoms with E-state index in [1.54, 1.807) is 11.3 Å². The summed E-state index contributed by atoms with van der Waals surface area (Å²) >= 11 is 1.78. The lowest BCUT2D eigenvalue weighted by molar-refractivity contribution is -0.258. The second kappa shape index (κ2) is 8.00. The Hall–Kier alpha value is -1.86. The Balaban J connectivity index is 1.47. The number of hydrogen-bond donors (Lipinski definition) is 1. The first kappa shape index (κ1) is 21.4. The highest BCUT2D eigenvalue weighted by molar-refractivity contribution is 7.10. The van der Waals surface area contributed by atoms with Crippen molar-refractivity contribution in [2.45, 2.75) is 75.2 Å². The zero-order valence-corrected chi connectivity index (χ0v) is 17.7. The quantitative estimate of drug-likeness (QED) is 0.638. The number of thiophene rings is 1. The van der Waals surface area contributed by atoms with Gasteiger partial charge in [-0.05, 0) is 80.5 Å². The van der Waals surface area contributed by atoms with E-state index in [0.29, 0.717) is 11.5 Å². The van der Waals surface area contributed by atoms with Crippen molar-refractivity contribution in [1.29, 1.82) is 0 Å². The first-order valence-electron chi connectivity index (χ1n) is 10.4. The fourth-order valence-corrected chi connectivity index (χ4v) is 5.29. The first-order chi connectivity index (χ1) is 14.2. The molecule has 162 valence electrons. The highest BCUT2D eigenvalue weighted by atomic mass is 32.1. The van der Waals surface area contributed by atoms with Gasteiger partial charge in [-0.2, -0.15) is 13.2 Å². The van der Waals surface area contributed by atoms with Gasteiger partial charge in [0, 0.05) is 22.5 Å². The van der Waals surface area contributed by atoms with Crippen molar-refractivity contribution >= 4 is 17.2 Å². The second-order valence-electron chi connectivity index (χ2n) is 8.61. The van der Waals surface area contributed by atoms with Crippen LogP contribution in [0.1, 0.15) is 72.2 Å². The van der Waals surface area contributed by atoms with Gasteiger partial charge in [0.15, 0.2) is 5.60 Å². The molecule has 2 fully saturated rings. The smallest absolute Gasteiger partial charge is 0.376 e. The predicted molar refractivity (Wildman–Crippen MR) is 111 cm³/mol. The molecule has 0 radical (unpaired) electrons. The zero-order valence-electron chi connectivity index (χ0n) is 16.9. The maximum Gasteiger partial charge on any atom is 0.421 e. The molecule has 30 heavy (non-hydrogen) atoms. The predicted octanol–water partition coefficient (Wildman–Crippen LogP) is 5.85. The fraction of sp³-hybridized carbons (Fsp3) is 0.522. The third-order valence-electron chi connectivity index (χ3n) is 6.46. The summed E-state index contributed by atoms with van der Waals surface area (Å²) in [6.45, 7) is 0.729. The van der Waals surface area contributed by atoms with Crippen LogP contribution < -0.4 is 0 Å². The monoisotopic (exact) mass is 437 g/mol. The van der Waals surface area contributed by atoms with E-state index in [0.717, 1.165) is 45.4 Å². The van der Waals surface area contributed by atoms with Gasteiger partial charge in [-0.25, -0.2) is 0 Å². The number of carbonyl (C=O) groups excluding carboxylic acids is 1. The van der Waals surface area contributed by atoms with E-state index in [4.69, 9.17) is 0 Å². The minimum Gasteiger partial charge on any atom is -0.376 e. The SMILES string of the molecule is C[C@](O)(c1ccc(C(=O)N(C2CCC(c3cccs3)CC2)C2CC2)cc1)C(F)(F)F. The molecule has 1 amide bonds. The summed E-state index contributed by atoms with van der Waals surface area (Å²) in [6.07, 6.45) is 1.19. The van der Waals surface area contributed by atoms with Crippen molar-refractivity contribution in [3.05, 3.63) is 57.8 Å². The van der Waals surface area contributed by atoms with Gasteiger partial charge in [0.1, 0.15) is 0 Å². The molecule has 1 heterocycles. The average Bonchev–Trinajstić information content (AvgIpc) is 3.39. The van der Waals surface area contributed by atoms with Crippen molar-refractivity contribution in [3.8, 4) is 0 Å². The lowest BCUT2D eigenvalue weighted by atomic mass is 9.84. The molecule has 0 saturated heterocycles. The minimum absolute atomic E-state index is 0.115. The third-order valence-corrected chi connectivity index (χ3v) is 7.49. The van der Waals surface area contributed by atoms with E-state index >= 15 is 0 Å². The number of halogens is 3. The largest absolute Gasteiger partial charge is 0.421 e. The number of carbonyl (C=O) groups is 1. The van der Waals surface area contributed by atoms with E-state index in [2.05, 4.69) is 17.5 Å². The molecule has 2 aromatic rings. The molecular formula is C23H26F3NO2S. The van der Waals surface area contributed by atoms with Crippen LogP contribution in [0.3, 0.4) is 0 Å². The van der Waals surface area contributed by atoms with Crippen LogP contribution in [0, 0.1) is 0 Å². The van der Waals surface area contributed by atoms with E-state index in [1.807, 2.05) is 4.90 Å². The highest BCUT2D eigenvalue weighted by Crippen LogP contribution is 2.41. The number of nitrogens with zero attached hydrogens (tertiary/aromatic N) is 1. The number of hydrogen-bond acceptors (Lipinski definition) is 3. The van der Waals surface area contributed by atoms with Gasteiger partial charge >= 0.3 is 6.18 Å². The summed E-state index contributed by atoms with van der Waals surface area (Å²) in [5.41, 5.74) is -2.82. The fourth-order valence-electron chi connectivity index (χ4n) is 4.39. The molecule has 0 bridgehead atoms. The number of alkyl halides is 3. The van der Waals surface area contributed by atoms with Crippen LogP contribution in [-0.4, -0.2) is 34.2 Å². The molecule has 1 aromatic heterocycles. The Labute approximate surface area is 178 Å². The van der Waals surface area contributed by atoms with Crippen LogP contribution in [-0.2, 0) is 5.60 Å². The maximum atomic E-state index is 13.2. The Morgan fingerprint density at radius 2 is 1.57 bits per heavy atom. The zero-order chi connectivity index (χ0) is 21.5. The summed E-state index contributed by atoms with van der Waals surface area (Å²) in [5, 5.41) is 11.9. The molecule has 0 spiro atoms. The van der Waals surface area contributed by atoms with Crippen LogP contribution in [0.4, 0.5) is 13.2 Å². The third kappa shape index (κ3) is 4.14. The topological polar surface area (TPSA) is 40.5 Å². The standard InChI is InChI=1S/C23H26F3NO2S/c1-22(29,23(24,25)26)17-8-4-16(5-9-17)21(28)27(19-12-13-19)18-10-6-15(7-11-18)20-3-2-14-30-20/h2-5,8-9,14-15,18-19,29H,6-7,10-13H2,1H3/t15?,18?,22-/m0/s1. The van der Waals surface area contributed by atoms with Gasteiger partial charge in [0.05, 0.1) is 0 Å². The lowest BCUT2D eigenvalue weighted by Crippen LogP contribution is -2.43. The molecule has 1 aromatic carbocycles. The summed E-state index contributed by atoms with van der Waals surface area (Å²) in [4.78, 5) is 16.6. The molecule has 4 rings (SSSR count). The molecule has 1 N–H and O–H groups in total. The normalized spacial score (nSPS) is 24.3. The van der Waals surface area contributed by atoms with Gasteiger partial charge in [-0.1, -0.05) is 18.2 Å². The van der Waals surface area contributed by atoms with Gasteiger partial charge in [-0.15, -0.1) is 11.3 Å². The molecule has 2 aliphatic rings. The van der Waals surface area contributed by atoms with Crippen LogP contribution in [0.2, 0.25) is 0 Å². The first-order valence-corrected chi connectivity index (χ1v) is 11.3. The van der Waals surface area contributed by atoms with Gasteiger partial charge < -0.3 is 10.0 Å². The summed E-state index contributed by atoms with van der Waals surface area (Å²) in [5.74, 6) is 0.441. The van der Waals surface area contributed by atoms with Crippen LogP contribution in [0.15, 0.2) is 41.8 Å². The molecule has 2 saturated carbocycles. The van der Waals surface area contributed by atoms with Crippen molar-refractivity contribution in [2.75, 3.05) is 0 Å². The minimum atomic E-state index is -4.78. The Morgan fingerprint density at radius 3 is 2.03 bits per heavy atom. The summed E-state index contributed by atoms with van der Waals surface area (Å²) < 4.78 is 39.2. The van der Waals surface area contributed by atoms with Crippen molar-refractivity contribution in [3.63, 3.8) is 0 Å². The highest BCUT2D eigenvalue weighted by Gasteiger charge is 2.51. The molecule has 0 aliphatic heterocycles. The van der Waals surface area contributed by atoms with E-state index in [-0.39, 0.29) is 23.6 Å². The van der Waals surface area contributed by atoms with Crippen LogP contribution >= 0.6 is 11.3 Å². The Kier molecular flexibility index (Phi) is 5.70. The average molecular weight is 438 g/mol. The van der Waals surface area contributed by atoms with E-state index in [9.17, 15) is 23.1 Å². The van der Waals surface area contributed by atoms with Gasteiger partial charge in [0.25, 0.3) is 5.91 Å². The molecule has 7 heteroatoms. The Bertz CT molecular complexity index is 865. The molecule has 3 nitrogen and oxygen atoms in total. The molecule has 0 unspecified atom stereocenters. The lowest BCUT2D eigenvalue weighted by Gasteiger charge is -2.37. The van der Waals surface area contributed by atoms with Gasteiger partial charge in [-0.3, -0.25) is 4.79 Å². The van der Waals surface area contributed by atoms with Gasteiger partial charge in [0.2, 0.25) is 0 Å². The number of benzene rings is 1. The molecular weight excluding hydrogens is 411 g/mol. The molecule has 2 aliphatic carbocycles. The van der Waals surface area contributed by atoms with Crippen LogP contribution in [0.25, 0.3) is 0 Å². The summed E-state index contributed by atoms with van der Waals surface area (Å²) in [7, 11) is 0. The number of aliphatic hydroxyl groups is 1. The van der Waals surface area contributed by atoms with Crippen LogP contribution in [0.5, 0.6) is 0 Å². The summed E-state index contributed by atoms with van der Waals surface area (Å²) in [6, 6.07) is 9.90. The second-order valence-corrected chi connectivity index (χ2v) is 9.59. The Morgan fingerprint density at radius 1 is 1.00 bits per heavy atom. The number of amides is 1. The maximum absolute atomic E-state index is 13.2. The van der Waals surface area contributed by atoms with Crippen molar-refractivity contribution in [1.82, 2.24) is 4.90 Å². The van der Waals surface area contributed by atoms with Crippen molar-refractivity contribution in [2.24, 2.45) is 0 Å². The molecule has 1 atom stereocenters. The van der Waals surface area contributed by atoms with Crippen molar-refractivity contribution < 1.29 is 23.1 Å². The number of rotatable bonds is 5.